The summed E-state index contributed by atoms with van der Waals surface area (Å²) < 4.78 is 5.17. The van der Waals surface area contributed by atoms with Crippen molar-refractivity contribution in [2.45, 2.75) is 0 Å². The molecule has 0 radical (unpaired) electrons. The fourth-order valence-electron chi connectivity index (χ4n) is 1.72. The van der Waals surface area contributed by atoms with Crippen molar-refractivity contribution in [3.05, 3.63) is 53.6 Å². The Morgan fingerprint density at radius 2 is 2.00 bits per heavy atom. The van der Waals surface area contributed by atoms with E-state index in [1.165, 1.54) is 0 Å². The molecule has 0 heterocycles. The molecule has 2 aromatic carbocycles. The van der Waals surface area contributed by atoms with E-state index < -0.39 is 0 Å². The van der Waals surface area contributed by atoms with Crippen LogP contribution < -0.4 is 15.4 Å². The van der Waals surface area contributed by atoms with E-state index in [1.54, 1.807) is 31.4 Å². The first-order valence-corrected chi connectivity index (χ1v) is 6.49. The molecule has 0 aliphatic carbocycles. The van der Waals surface area contributed by atoms with Crippen LogP contribution in [0.5, 0.6) is 5.75 Å². The number of carbonyl (C=O) groups is 1. The Labute approximate surface area is 122 Å². The van der Waals surface area contributed by atoms with Gasteiger partial charge in [0, 0.05) is 10.7 Å². The first-order valence-electron chi connectivity index (χ1n) is 6.11. The van der Waals surface area contributed by atoms with Crippen molar-refractivity contribution in [3.8, 4) is 5.75 Å². The molecule has 0 saturated carbocycles. The molecule has 0 fully saturated rings. The lowest BCUT2D eigenvalue weighted by Gasteiger charge is -2.11. The van der Waals surface area contributed by atoms with Crippen molar-refractivity contribution in [1.29, 1.82) is 0 Å². The van der Waals surface area contributed by atoms with E-state index in [0.29, 0.717) is 16.5 Å². The molecular weight excluding hydrogens is 276 g/mol. The van der Waals surface area contributed by atoms with Crippen molar-refractivity contribution in [1.82, 2.24) is 0 Å². The molecule has 0 saturated heterocycles. The summed E-state index contributed by atoms with van der Waals surface area (Å²) in [7, 11) is 1.56. The minimum Gasteiger partial charge on any atom is -0.495 e. The lowest BCUT2D eigenvalue weighted by Crippen LogP contribution is -2.22. The summed E-state index contributed by atoms with van der Waals surface area (Å²) in [6.45, 7) is 0.151. The number of amides is 1. The van der Waals surface area contributed by atoms with E-state index in [9.17, 15) is 4.79 Å². The molecule has 2 aromatic rings. The standard InChI is InChI=1S/C15H15ClN2O2/c1-20-14-8-3-2-7-13(14)18-15(19)10-17-12-6-4-5-11(16)9-12/h2-9,17H,10H2,1H3,(H,18,19). The van der Waals surface area contributed by atoms with Crippen molar-refractivity contribution >= 4 is 28.9 Å². The highest BCUT2D eigenvalue weighted by Crippen LogP contribution is 2.22. The SMILES string of the molecule is COc1ccccc1NC(=O)CNc1cccc(Cl)c1. The van der Waals surface area contributed by atoms with Gasteiger partial charge in [0.1, 0.15) is 5.75 Å². The molecular formula is C15H15ClN2O2. The van der Waals surface area contributed by atoms with Gasteiger partial charge in [0.2, 0.25) is 5.91 Å². The average Bonchev–Trinajstić information content (AvgIpc) is 2.46. The van der Waals surface area contributed by atoms with Crippen LogP contribution in [0, 0.1) is 0 Å². The molecule has 4 nitrogen and oxygen atoms in total. The first kappa shape index (κ1) is 14.2. The zero-order valence-corrected chi connectivity index (χ0v) is 11.8. The minimum atomic E-state index is -0.158. The van der Waals surface area contributed by atoms with Crippen LogP contribution >= 0.6 is 11.6 Å². The first-order chi connectivity index (χ1) is 9.69. The maximum absolute atomic E-state index is 11.9. The number of methoxy groups -OCH3 is 1. The molecule has 20 heavy (non-hydrogen) atoms. The van der Waals surface area contributed by atoms with Crippen molar-refractivity contribution in [2.24, 2.45) is 0 Å². The zero-order valence-electron chi connectivity index (χ0n) is 11.0. The fourth-order valence-corrected chi connectivity index (χ4v) is 1.91. The monoisotopic (exact) mass is 290 g/mol. The summed E-state index contributed by atoms with van der Waals surface area (Å²) in [6, 6.07) is 14.5. The lowest BCUT2D eigenvalue weighted by molar-refractivity contribution is -0.114. The summed E-state index contributed by atoms with van der Waals surface area (Å²) in [5.74, 6) is 0.470. The maximum atomic E-state index is 11.9. The Morgan fingerprint density at radius 3 is 2.75 bits per heavy atom. The van der Waals surface area contributed by atoms with Crippen LogP contribution in [-0.2, 0) is 4.79 Å². The fraction of sp³-hybridized carbons (Fsp3) is 0.133. The van der Waals surface area contributed by atoms with Crippen LogP contribution in [0.2, 0.25) is 5.02 Å². The number of halogens is 1. The number of rotatable bonds is 5. The predicted octanol–water partition coefficient (Wildman–Crippen LogP) is 3.40. The molecule has 0 unspecified atom stereocenters. The van der Waals surface area contributed by atoms with E-state index >= 15 is 0 Å². The molecule has 104 valence electrons. The number of anilines is 2. The number of hydrogen-bond acceptors (Lipinski definition) is 3. The Morgan fingerprint density at radius 1 is 1.20 bits per heavy atom. The topological polar surface area (TPSA) is 50.4 Å². The Hall–Kier alpha value is -2.20. The Kier molecular flexibility index (Phi) is 4.85. The number of benzene rings is 2. The van der Waals surface area contributed by atoms with Gasteiger partial charge >= 0.3 is 0 Å². The third-order valence-corrected chi connectivity index (χ3v) is 2.89. The summed E-state index contributed by atoms with van der Waals surface area (Å²) in [6.07, 6.45) is 0. The minimum absolute atomic E-state index is 0.151. The molecule has 0 aromatic heterocycles. The number of nitrogens with one attached hydrogen (secondary N) is 2. The molecule has 0 aliphatic rings. The number of hydrogen-bond donors (Lipinski definition) is 2. The molecule has 0 spiro atoms. The maximum Gasteiger partial charge on any atom is 0.243 e. The average molecular weight is 291 g/mol. The van der Waals surface area contributed by atoms with Gasteiger partial charge in [-0.1, -0.05) is 29.8 Å². The molecule has 1 amide bonds. The third kappa shape index (κ3) is 3.90. The second kappa shape index (κ2) is 6.82. The third-order valence-electron chi connectivity index (χ3n) is 2.66. The van der Waals surface area contributed by atoms with Gasteiger partial charge in [0.05, 0.1) is 19.3 Å². The number of carbonyl (C=O) groups excluding carboxylic acids is 1. The van der Waals surface area contributed by atoms with Gasteiger partial charge in [-0.05, 0) is 30.3 Å². The summed E-state index contributed by atoms with van der Waals surface area (Å²) in [5.41, 5.74) is 1.44. The van der Waals surface area contributed by atoms with Gasteiger partial charge in [0.25, 0.3) is 0 Å². The molecule has 0 aliphatic heterocycles. The molecule has 0 bridgehead atoms. The van der Waals surface area contributed by atoms with Crippen molar-refractivity contribution in [3.63, 3.8) is 0 Å². The van der Waals surface area contributed by atoms with Crippen LogP contribution in [0.15, 0.2) is 48.5 Å². The second-order valence-electron chi connectivity index (χ2n) is 4.11. The number of para-hydroxylation sites is 2. The molecule has 5 heteroatoms. The summed E-state index contributed by atoms with van der Waals surface area (Å²) in [4.78, 5) is 11.9. The van der Waals surface area contributed by atoms with Gasteiger partial charge < -0.3 is 15.4 Å². The van der Waals surface area contributed by atoms with Crippen molar-refractivity contribution < 1.29 is 9.53 Å². The van der Waals surface area contributed by atoms with E-state index in [-0.39, 0.29) is 12.5 Å². The second-order valence-corrected chi connectivity index (χ2v) is 4.55. The van der Waals surface area contributed by atoms with Crippen LogP contribution in [0.4, 0.5) is 11.4 Å². The van der Waals surface area contributed by atoms with Crippen LogP contribution in [0.1, 0.15) is 0 Å². The van der Waals surface area contributed by atoms with Gasteiger partial charge in [-0.3, -0.25) is 4.79 Å². The van der Waals surface area contributed by atoms with Gasteiger partial charge in [0.15, 0.2) is 0 Å². The Balaban J connectivity index is 1.93. The summed E-state index contributed by atoms with van der Waals surface area (Å²) >= 11 is 5.87. The highest BCUT2D eigenvalue weighted by Gasteiger charge is 2.06. The van der Waals surface area contributed by atoms with Crippen LogP contribution in [0.3, 0.4) is 0 Å². The van der Waals surface area contributed by atoms with Crippen molar-refractivity contribution in [2.75, 3.05) is 24.3 Å². The molecule has 0 atom stereocenters. The molecule has 2 rings (SSSR count). The highest BCUT2D eigenvalue weighted by molar-refractivity contribution is 6.30. The molecule has 2 N–H and O–H groups in total. The predicted molar refractivity (Wildman–Crippen MR) is 81.6 cm³/mol. The smallest absolute Gasteiger partial charge is 0.243 e. The lowest BCUT2D eigenvalue weighted by atomic mass is 10.3. The van der Waals surface area contributed by atoms with Gasteiger partial charge in [-0.2, -0.15) is 0 Å². The van der Waals surface area contributed by atoms with E-state index in [4.69, 9.17) is 16.3 Å². The highest BCUT2D eigenvalue weighted by atomic mass is 35.5. The van der Waals surface area contributed by atoms with Crippen LogP contribution in [-0.4, -0.2) is 19.6 Å². The summed E-state index contributed by atoms with van der Waals surface area (Å²) in [5, 5.41) is 6.42. The van der Waals surface area contributed by atoms with E-state index in [0.717, 1.165) is 5.69 Å². The van der Waals surface area contributed by atoms with Gasteiger partial charge in [-0.25, -0.2) is 0 Å². The number of ether oxygens (including phenoxy) is 1. The van der Waals surface area contributed by atoms with E-state index in [1.807, 2.05) is 24.3 Å². The Bertz CT molecular complexity index is 602. The normalized spacial score (nSPS) is 9.90. The van der Waals surface area contributed by atoms with E-state index in [2.05, 4.69) is 10.6 Å². The van der Waals surface area contributed by atoms with Crippen LogP contribution in [0.25, 0.3) is 0 Å². The largest absolute Gasteiger partial charge is 0.495 e. The quantitative estimate of drug-likeness (QED) is 0.887. The zero-order chi connectivity index (χ0) is 14.4. The van der Waals surface area contributed by atoms with Gasteiger partial charge in [-0.15, -0.1) is 0 Å².